The van der Waals surface area contributed by atoms with E-state index in [1.807, 2.05) is 19.1 Å². The molecule has 0 fully saturated rings. The van der Waals surface area contributed by atoms with E-state index in [4.69, 9.17) is 9.15 Å². The van der Waals surface area contributed by atoms with Crippen LogP contribution in [-0.4, -0.2) is 18.5 Å². The number of aryl methyl sites for hydroxylation is 1. The third kappa shape index (κ3) is 4.19. The van der Waals surface area contributed by atoms with Crippen LogP contribution in [0.1, 0.15) is 23.0 Å². The molecule has 0 spiro atoms. The number of furan rings is 1. The van der Waals surface area contributed by atoms with Gasteiger partial charge in [0.25, 0.3) is 5.91 Å². The molecule has 2 rings (SSSR count). The quantitative estimate of drug-likeness (QED) is 0.838. The van der Waals surface area contributed by atoms with Crippen molar-refractivity contribution in [1.82, 2.24) is 0 Å². The molecule has 0 aliphatic rings. The highest BCUT2D eigenvalue weighted by molar-refractivity contribution is 9.10. The number of ether oxygens (including phenoxy) is 1. The predicted molar refractivity (Wildman–Crippen MR) is 81.1 cm³/mol. The van der Waals surface area contributed by atoms with E-state index >= 15 is 0 Å². The van der Waals surface area contributed by atoms with Crippen molar-refractivity contribution in [2.75, 3.05) is 11.9 Å². The Morgan fingerprint density at radius 1 is 1.33 bits per heavy atom. The highest BCUT2D eigenvalue weighted by Gasteiger charge is 2.13. The number of anilines is 1. The summed E-state index contributed by atoms with van der Waals surface area (Å²) in [6, 6.07) is 8.62. The molecule has 1 heterocycles. The van der Waals surface area contributed by atoms with Gasteiger partial charge in [0, 0.05) is 10.2 Å². The summed E-state index contributed by atoms with van der Waals surface area (Å²) in [6.45, 7) is 1.63. The van der Waals surface area contributed by atoms with Gasteiger partial charge in [-0.1, -0.05) is 22.9 Å². The molecule has 2 aromatic rings. The molecule has 0 radical (unpaired) electrons. The number of carbonyl (C=O) groups is 2. The first kappa shape index (κ1) is 15.3. The van der Waals surface area contributed by atoms with E-state index in [0.717, 1.165) is 16.5 Å². The van der Waals surface area contributed by atoms with Crippen molar-refractivity contribution in [2.45, 2.75) is 13.3 Å². The number of halogens is 1. The first-order valence-electron chi connectivity index (χ1n) is 6.39. The molecule has 110 valence electrons. The largest absolute Gasteiger partial charge is 0.457 e. The Bertz CT molecular complexity index is 637. The van der Waals surface area contributed by atoms with Crippen LogP contribution in [0, 0.1) is 0 Å². The minimum absolute atomic E-state index is 0.0701. The summed E-state index contributed by atoms with van der Waals surface area (Å²) in [5, 5.41) is 2.72. The van der Waals surface area contributed by atoms with Gasteiger partial charge < -0.3 is 14.5 Å². The monoisotopic (exact) mass is 351 g/mol. The van der Waals surface area contributed by atoms with Crippen LogP contribution in [0.15, 0.2) is 45.5 Å². The lowest BCUT2D eigenvalue weighted by Crippen LogP contribution is -2.21. The van der Waals surface area contributed by atoms with Gasteiger partial charge in [-0.15, -0.1) is 0 Å². The molecule has 0 atom stereocenters. The van der Waals surface area contributed by atoms with E-state index in [9.17, 15) is 9.59 Å². The molecular formula is C15H14BrNO4. The Balaban J connectivity index is 1.92. The van der Waals surface area contributed by atoms with E-state index in [2.05, 4.69) is 21.2 Å². The molecule has 0 saturated carbocycles. The standard InChI is InChI=1S/C15H14BrNO4/c1-2-10-8-11(16)5-6-12(10)17-14(18)9-21-15(19)13-4-3-7-20-13/h3-8H,2,9H2,1H3,(H,17,18). The van der Waals surface area contributed by atoms with Gasteiger partial charge in [0.1, 0.15) is 0 Å². The van der Waals surface area contributed by atoms with Crippen LogP contribution in [0.4, 0.5) is 5.69 Å². The summed E-state index contributed by atoms with van der Waals surface area (Å²) in [6.07, 6.45) is 2.15. The fraction of sp³-hybridized carbons (Fsp3) is 0.200. The summed E-state index contributed by atoms with van der Waals surface area (Å²) in [4.78, 5) is 23.3. The van der Waals surface area contributed by atoms with Crippen LogP contribution >= 0.6 is 15.9 Å². The number of nitrogens with one attached hydrogen (secondary N) is 1. The molecule has 1 aromatic carbocycles. The number of hydrogen-bond acceptors (Lipinski definition) is 4. The van der Waals surface area contributed by atoms with E-state index in [-0.39, 0.29) is 12.4 Å². The average molecular weight is 352 g/mol. The van der Waals surface area contributed by atoms with Crippen LogP contribution in [0.2, 0.25) is 0 Å². The zero-order valence-corrected chi connectivity index (χ0v) is 13.0. The minimum atomic E-state index is -0.665. The van der Waals surface area contributed by atoms with Crippen LogP contribution in [0.3, 0.4) is 0 Å². The second-order valence-electron chi connectivity index (χ2n) is 4.26. The van der Waals surface area contributed by atoms with E-state index < -0.39 is 11.9 Å². The summed E-state index contributed by atoms with van der Waals surface area (Å²) in [5.41, 5.74) is 1.70. The maximum absolute atomic E-state index is 11.8. The Kier molecular flexibility index (Phi) is 5.16. The molecule has 0 bridgehead atoms. The smallest absolute Gasteiger partial charge is 0.374 e. The molecule has 1 aromatic heterocycles. The number of carbonyl (C=O) groups excluding carboxylic acids is 2. The summed E-state index contributed by atoms with van der Waals surface area (Å²) in [7, 11) is 0. The Morgan fingerprint density at radius 2 is 2.14 bits per heavy atom. The van der Waals surface area contributed by atoms with Gasteiger partial charge in [0.2, 0.25) is 5.76 Å². The molecule has 5 nitrogen and oxygen atoms in total. The first-order valence-corrected chi connectivity index (χ1v) is 7.18. The van der Waals surface area contributed by atoms with Gasteiger partial charge in [0.05, 0.1) is 6.26 Å². The first-order chi connectivity index (χ1) is 10.1. The fourth-order valence-corrected chi connectivity index (χ4v) is 2.17. The summed E-state index contributed by atoms with van der Waals surface area (Å²) < 4.78 is 10.7. The predicted octanol–water partition coefficient (Wildman–Crippen LogP) is 3.40. The Hall–Kier alpha value is -2.08. The maximum atomic E-state index is 11.8. The van der Waals surface area contributed by atoms with Gasteiger partial charge in [-0.25, -0.2) is 4.79 Å². The van der Waals surface area contributed by atoms with E-state index in [1.54, 1.807) is 12.1 Å². The Morgan fingerprint density at radius 3 is 2.81 bits per heavy atom. The second-order valence-corrected chi connectivity index (χ2v) is 5.17. The molecule has 0 aliphatic carbocycles. The number of benzene rings is 1. The number of rotatable bonds is 5. The number of amides is 1. The normalized spacial score (nSPS) is 10.2. The second kappa shape index (κ2) is 7.08. The third-order valence-corrected chi connectivity index (χ3v) is 3.27. The van der Waals surface area contributed by atoms with Crippen molar-refractivity contribution in [2.24, 2.45) is 0 Å². The fourth-order valence-electron chi connectivity index (χ4n) is 1.76. The molecule has 6 heteroatoms. The SMILES string of the molecule is CCc1cc(Br)ccc1NC(=O)COC(=O)c1ccco1. The van der Waals surface area contributed by atoms with Crippen LogP contribution in [0.25, 0.3) is 0 Å². The molecule has 1 N–H and O–H groups in total. The third-order valence-electron chi connectivity index (χ3n) is 2.78. The lowest BCUT2D eigenvalue weighted by atomic mass is 10.1. The lowest BCUT2D eigenvalue weighted by molar-refractivity contribution is -0.119. The van der Waals surface area contributed by atoms with E-state index in [1.165, 1.54) is 12.3 Å². The van der Waals surface area contributed by atoms with E-state index in [0.29, 0.717) is 5.69 Å². The van der Waals surface area contributed by atoms with Gasteiger partial charge in [-0.3, -0.25) is 4.79 Å². The minimum Gasteiger partial charge on any atom is -0.457 e. The summed E-state index contributed by atoms with van der Waals surface area (Å²) >= 11 is 3.38. The molecule has 0 saturated heterocycles. The van der Waals surface area contributed by atoms with Crippen molar-refractivity contribution in [3.05, 3.63) is 52.4 Å². The van der Waals surface area contributed by atoms with Gasteiger partial charge >= 0.3 is 5.97 Å². The van der Waals surface area contributed by atoms with Crippen molar-refractivity contribution in [1.29, 1.82) is 0 Å². The highest BCUT2D eigenvalue weighted by Crippen LogP contribution is 2.21. The van der Waals surface area contributed by atoms with Crippen LogP contribution < -0.4 is 5.32 Å². The molecule has 21 heavy (non-hydrogen) atoms. The zero-order chi connectivity index (χ0) is 15.2. The summed E-state index contributed by atoms with van der Waals surface area (Å²) in [5.74, 6) is -0.991. The van der Waals surface area contributed by atoms with Crippen LogP contribution in [0.5, 0.6) is 0 Å². The van der Waals surface area contributed by atoms with Crippen molar-refractivity contribution in [3.8, 4) is 0 Å². The topological polar surface area (TPSA) is 68.5 Å². The van der Waals surface area contributed by atoms with Crippen molar-refractivity contribution in [3.63, 3.8) is 0 Å². The van der Waals surface area contributed by atoms with Crippen molar-refractivity contribution >= 4 is 33.5 Å². The van der Waals surface area contributed by atoms with Crippen molar-refractivity contribution < 1.29 is 18.7 Å². The van der Waals surface area contributed by atoms with Gasteiger partial charge in [0.15, 0.2) is 6.61 Å². The highest BCUT2D eigenvalue weighted by atomic mass is 79.9. The zero-order valence-electron chi connectivity index (χ0n) is 11.4. The molecular weight excluding hydrogens is 338 g/mol. The Labute approximate surface area is 130 Å². The molecule has 0 unspecified atom stereocenters. The number of hydrogen-bond donors (Lipinski definition) is 1. The lowest BCUT2D eigenvalue weighted by Gasteiger charge is -2.10. The maximum Gasteiger partial charge on any atom is 0.374 e. The number of esters is 1. The molecule has 1 amide bonds. The van der Waals surface area contributed by atoms with Gasteiger partial charge in [-0.05, 0) is 42.3 Å². The molecule has 0 aliphatic heterocycles. The van der Waals surface area contributed by atoms with Gasteiger partial charge in [-0.2, -0.15) is 0 Å². The average Bonchev–Trinajstić information content (AvgIpc) is 3.01. The van der Waals surface area contributed by atoms with Crippen LogP contribution in [-0.2, 0) is 16.0 Å².